The van der Waals surface area contributed by atoms with E-state index in [1.807, 2.05) is 0 Å². The maximum atomic E-state index is 9.22. The van der Waals surface area contributed by atoms with Gasteiger partial charge < -0.3 is 10.8 Å². The van der Waals surface area contributed by atoms with Crippen molar-refractivity contribution in [2.45, 2.75) is 6.92 Å². The summed E-state index contributed by atoms with van der Waals surface area (Å²) >= 11 is 0. The lowest BCUT2D eigenvalue weighted by Crippen LogP contribution is -2.10. The Morgan fingerprint density at radius 2 is 1.67 bits per heavy atom. The minimum atomic E-state index is -0.926. The molecule has 5 heteroatoms. The minimum Gasteiger partial charge on any atom is -0.481 e. The molecule has 0 aliphatic carbocycles. The van der Waals surface area contributed by atoms with Crippen LogP contribution in [-0.4, -0.2) is 23.3 Å². The molecule has 5 nitrogen and oxygen atoms in total. The van der Waals surface area contributed by atoms with Crippen LogP contribution >= 0.6 is 0 Å². The zero-order valence-corrected chi connectivity index (χ0v) is 4.83. The van der Waals surface area contributed by atoms with Crippen molar-refractivity contribution in [2.75, 3.05) is 0 Å². The number of carboxylic acids is 1. The molecule has 0 saturated heterocycles. The van der Waals surface area contributed by atoms with Gasteiger partial charge in [0.25, 0.3) is 11.9 Å². The summed E-state index contributed by atoms with van der Waals surface area (Å²) in [6.07, 6.45) is 0.0556. The molecule has 0 unspecified atom stereocenters. The molecule has 1 amide bonds. The highest BCUT2D eigenvalue weighted by Gasteiger charge is 1.76. The van der Waals surface area contributed by atoms with Gasteiger partial charge >= 0.3 is 0 Å². The van der Waals surface area contributed by atoms with Gasteiger partial charge in [-0.3, -0.25) is 14.4 Å². The Morgan fingerprint density at radius 1 is 1.56 bits per heavy atom. The Balaban J connectivity index is 0. The van der Waals surface area contributed by atoms with Gasteiger partial charge in [-0.15, -0.1) is 0 Å². The number of aldehydes is 1. The van der Waals surface area contributed by atoms with Crippen molar-refractivity contribution in [3.05, 3.63) is 0 Å². The number of aliphatic carboxylic acids is 1. The Bertz CT molecular complexity index is 116. The number of hydrogen-bond acceptors (Lipinski definition) is 3. The first-order valence-electron chi connectivity index (χ1n) is 1.94. The largest absolute Gasteiger partial charge is 0.481 e. The summed E-state index contributed by atoms with van der Waals surface area (Å²) in [6, 6.07) is 0. The van der Waals surface area contributed by atoms with Crippen LogP contribution in [0.2, 0.25) is 0 Å². The molecule has 0 heterocycles. The Kier molecular flexibility index (Phi) is 7.76. The van der Waals surface area contributed by atoms with Crippen LogP contribution in [-0.2, 0) is 14.4 Å². The Hall–Kier alpha value is -1.39. The molecule has 0 fully saturated rings. The van der Waals surface area contributed by atoms with Crippen molar-refractivity contribution in [1.82, 2.24) is 0 Å². The molecule has 0 bridgehead atoms. The second-order valence-corrected chi connectivity index (χ2v) is 1.04. The molecule has 0 spiro atoms. The third kappa shape index (κ3) is 378. The summed E-state index contributed by atoms with van der Waals surface area (Å²) in [4.78, 5) is 27.3. The van der Waals surface area contributed by atoms with Crippen LogP contribution in [0.5, 0.6) is 0 Å². The number of amides is 1. The van der Waals surface area contributed by atoms with E-state index < -0.39 is 11.9 Å². The van der Waals surface area contributed by atoms with Crippen molar-refractivity contribution in [3.63, 3.8) is 0 Å². The van der Waals surface area contributed by atoms with Crippen molar-refractivity contribution < 1.29 is 19.5 Å². The van der Waals surface area contributed by atoms with Gasteiger partial charge in [0.2, 0.25) is 6.29 Å². The highest BCUT2D eigenvalue weighted by Crippen LogP contribution is 1.42. The number of nitrogens with two attached hydrogens (primary N) is 1. The average molecular weight is 133 g/mol. The van der Waals surface area contributed by atoms with E-state index in [1.165, 1.54) is 0 Å². The summed E-state index contributed by atoms with van der Waals surface area (Å²) in [5.41, 5.74) is 4.28. The van der Waals surface area contributed by atoms with Gasteiger partial charge in [0.15, 0.2) is 0 Å². The Labute approximate surface area is 51.5 Å². The van der Waals surface area contributed by atoms with Crippen LogP contribution in [0.15, 0.2) is 0 Å². The first-order valence-corrected chi connectivity index (χ1v) is 1.94. The average Bonchev–Trinajstić information content (AvgIpc) is 1.65. The second kappa shape index (κ2) is 6.61. The van der Waals surface area contributed by atoms with Gasteiger partial charge in [0.1, 0.15) is 0 Å². The quantitative estimate of drug-likeness (QED) is 0.345. The summed E-state index contributed by atoms with van der Waals surface area (Å²) in [7, 11) is 0. The molecular formula is C4H7NO4. The predicted octanol–water partition coefficient (Wildman–Crippen LogP) is -1.24. The number of carboxylic acid groups (broad SMARTS) is 1. The zero-order chi connectivity index (χ0) is 7.86. The maximum absolute atomic E-state index is 9.22. The van der Waals surface area contributed by atoms with Gasteiger partial charge in [0, 0.05) is 6.92 Å². The standard InChI is InChI=1S/C2H3NO2.C2H4O2/c3-2(5)1-4;1-2(3)4/h1H,(H2,3,5);1H3,(H,3,4). The van der Waals surface area contributed by atoms with Crippen LogP contribution in [0.1, 0.15) is 6.92 Å². The number of primary amides is 1. The number of carbonyl (C=O) groups is 3. The molecule has 0 atom stereocenters. The number of carbonyl (C=O) groups excluding carboxylic acids is 2. The third-order valence-electron chi connectivity index (χ3n) is 0.116. The predicted molar refractivity (Wildman–Crippen MR) is 28.6 cm³/mol. The number of rotatable bonds is 1. The molecule has 0 aliphatic rings. The molecule has 9 heavy (non-hydrogen) atoms. The lowest BCUT2D eigenvalue weighted by Gasteiger charge is -1.60. The Morgan fingerprint density at radius 3 is 1.67 bits per heavy atom. The van der Waals surface area contributed by atoms with E-state index in [0.717, 1.165) is 6.92 Å². The van der Waals surface area contributed by atoms with Crippen molar-refractivity contribution in [2.24, 2.45) is 5.73 Å². The fraction of sp³-hybridized carbons (Fsp3) is 0.250. The molecule has 3 N–H and O–H groups in total. The zero-order valence-electron chi connectivity index (χ0n) is 4.83. The van der Waals surface area contributed by atoms with Gasteiger partial charge in [-0.05, 0) is 0 Å². The fourth-order valence-electron chi connectivity index (χ4n) is 0. The van der Waals surface area contributed by atoms with E-state index in [4.69, 9.17) is 14.7 Å². The van der Waals surface area contributed by atoms with E-state index in [1.54, 1.807) is 0 Å². The molecule has 0 aliphatic heterocycles. The third-order valence-corrected chi connectivity index (χ3v) is 0.116. The molecule has 0 saturated carbocycles. The highest BCUT2D eigenvalue weighted by atomic mass is 16.4. The summed E-state index contributed by atoms with van der Waals surface area (Å²) in [5.74, 6) is -1.76. The molecule has 0 rings (SSSR count). The van der Waals surface area contributed by atoms with Crippen LogP contribution < -0.4 is 5.73 Å². The lowest BCUT2D eigenvalue weighted by atomic mass is 10.8. The van der Waals surface area contributed by atoms with E-state index in [2.05, 4.69) is 5.73 Å². The normalized spacial score (nSPS) is 6.33. The van der Waals surface area contributed by atoms with Crippen LogP contribution in [0.3, 0.4) is 0 Å². The van der Waals surface area contributed by atoms with Crippen LogP contribution in [0.25, 0.3) is 0 Å². The molecule has 0 radical (unpaired) electrons. The van der Waals surface area contributed by atoms with Crippen molar-refractivity contribution in [1.29, 1.82) is 0 Å². The van der Waals surface area contributed by atoms with Gasteiger partial charge in [-0.1, -0.05) is 0 Å². The van der Waals surface area contributed by atoms with Crippen LogP contribution in [0.4, 0.5) is 0 Å². The van der Waals surface area contributed by atoms with Crippen LogP contribution in [0, 0.1) is 0 Å². The molecule has 0 aromatic carbocycles. The fourth-order valence-corrected chi connectivity index (χ4v) is 0. The van der Waals surface area contributed by atoms with Gasteiger partial charge in [-0.2, -0.15) is 0 Å². The van der Waals surface area contributed by atoms with Crippen molar-refractivity contribution in [3.8, 4) is 0 Å². The minimum absolute atomic E-state index is 0.0556. The van der Waals surface area contributed by atoms with E-state index in [9.17, 15) is 4.79 Å². The summed E-state index contributed by atoms with van der Waals surface area (Å²) in [5, 5.41) is 7.42. The van der Waals surface area contributed by atoms with Gasteiger partial charge in [0.05, 0.1) is 0 Å². The summed E-state index contributed by atoms with van der Waals surface area (Å²) in [6.45, 7) is 1.08. The smallest absolute Gasteiger partial charge is 0.300 e. The van der Waals surface area contributed by atoms with E-state index in [-0.39, 0.29) is 6.29 Å². The lowest BCUT2D eigenvalue weighted by molar-refractivity contribution is -0.134. The topological polar surface area (TPSA) is 97.5 Å². The first kappa shape index (κ1) is 10.6. The van der Waals surface area contributed by atoms with E-state index >= 15 is 0 Å². The van der Waals surface area contributed by atoms with Gasteiger partial charge in [-0.25, -0.2) is 0 Å². The second-order valence-electron chi connectivity index (χ2n) is 1.04. The monoisotopic (exact) mass is 133 g/mol. The maximum Gasteiger partial charge on any atom is 0.300 e. The summed E-state index contributed by atoms with van der Waals surface area (Å²) < 4.78 is 0. The number of hydrogen-bond donors (Lipinski definition) is 2. The first-order chi connectivity index (χ1) is 4.00. The molecule has 0 aromatic heterocycles. The molecule has 52 valence electrons. The van der Waals surface area contributed by atoms with E-state index in [0.29, 0.717) is 0 Å². The molecule has 0 aromatic rings. The van der Waals surface area contributed by atoms with Crippen molar-refractivity contribution >= 4 is 18.2 Å². The SMILES string of the molecule is CC(=O)O.NC(=O)C=O. The highest BCUT2D eigenvalue weighted by molar-refractivity contribution is 6.22. The molecular weight excluding hydrogens is 126 g/mol.